The maximum atomic E-state index is 12.5. The Labute approximate surface area is 438 Å². The average Bonchev–Trinajstić information content (AvgIpc) is 3.36. The fourth-order valence-electron chi connectivity index (χ4n) is 10.5. The van der Waals surface area contributed by atoms with E-state index in [1.54, 1.807) is 0 Å². The van der Waals surface area contributed by atoms with Gasteiger partial charge in [-0.25, -0.2) is 0 Å². The van der Waals surface area contributed by atoms with Crippen molar-refractivity contribution >= 4 is 11.9 Å². The molecule has 0 aromatic heterocycles. The van der Waals surface area contributed by atoms with Gasteiger partial charge < -0.3 is 20.3 Å². The predicted octanol–water partition coefficient (Wildman–Crippen LogP) is 20.3. The summed E-state index contributed by atoms with van der Waals surface area (Å²) in [5, 5.41) is 23.4. The molecule has 70 heavy (non-hydrogen) atoms. The highest BCUT2D eigenvalue weighted by molar-refractivity contribution is 5.76. The lowest BCUT2D eigenvalue weighted by atomic mass is 10.0. The van der Waals surface area contributed by atoms with Crippen molar-refractivity contribution in [2.24, 2.45) is 0 Å². The molecule has 0 aliphatic rings. The number of esters is 1. The monoisotopic (exact) mass is 990 g/mol. The van der Waals surface area contributed by atoms with Gasteiger partial charge in [0.15, 0.2) is 0 Å². The molecular formula is C64H127NO5. The molecule has 6 heteroatoms. The van der Waals surface area contributed by atoms with Crippen molar-refractivity contribution in [2.45, 2.75) is 386 Å². The molecule has 1 amide bonds. The van der Waals surface area contributed by atoms with Crippen molar-refractivity contribution in [3.63, 3.8) is 0 Å². The number of nitrogens with one attached hydrogen (secondary N) is 1. The third-order valence-electron chi connectivity index (χ3n) is 15.4. The SMILES string of the molecule is CCCCCCCCCCCCCCCCCCCCCCCCCCCC(O)C(CO)NC(=O)CCCCCCCCCCCCCCCCCOC(=O)CCCCCCCCCCCCCCC. The number of carbonyl (C=O) groups excluding carboxylic acids is 2. The second-order valence-corrected chi connectivity index (χ2v) is 22.5. The Morgan fingerprint density at radius 1 is 0.343 bits per heavy atom. The van der Waals surface area contributed by atoms with Crippen LogP contribution in [0.3, 0.4) is 0 Å². The van der Waals surface area contributed by atoms with Gasteiger partial charge in [0, 0.05) is 12.8 Å². The van der Waals surface area contributed by atoms with Crippen LogP contribution in [0.15, 0.2) is 0 Å². The first-order chi connectivity index (χ1) is 34.5. The predicted molar refractivity (Wildman–Crippen MR) is 306 cm³/mol. The van der Waals surface area contributed by atoms with E-state index in [-0.39, 0.29) is 18.5 Å². The van der Waals surface area contributed by atoms with E-state index in [9.17, 15) is 19.8 Å². The topological polar surface area (TPSA) is 95.9 Å². The van der Waals surface area contributed by atoms with Gasteiger partial charge in [0.1, 0.15) is 0 Å². The number of aliphatic hydroxyl groups is 2. The number of ether oxygens (including phenoxy) is 1. The highest BCUT2D eigenvalue weighted by Gasteiger charge is 2.20. The van der Waals surface area contributed by atoms with E-state index in [0.29, 0.717) is 25.9 Å². The summed E-state index contributed by atoms with van der Waals surface area (Å²) in [7, 11) is 0. The van der Waals surface area contributed by atoms with Crippen molar-refractivity contribution < 1.29 is 24.5 Å². The minimum absolute atomic E-state index is 0.00391. The summed E-state index contributed by atoms with van der Waals surface area (Å²) in [6.45, 7) is 4.98. The lowest BCUT2D eigenvalue weighted by molar-refractivity contribution is -0.143. The molecule has 418 valence electrons. The van der Waals surface area contributed by atoms with Crippen molar-refractivity contribution in [1.29, 1.82) is 0 Å². The maximum absolute atomic E-state index is 12.5. The Kier molecular flexibility index (Phi) is 59.4. The molecule has 0 rings (SSSR count). The molecular weight excluding hydrogens is 863 g/mol. The van der Waals surface area contributed by atoms with Gasteiger partial charge in [0.25, 0.3) is 0 Å². The van der Waals surface area contributed by atoms with Crippen LogP contribution in [0, 0.1) is 0 Å². The third kappa shape index (κ3) is 56.2. The van der Waals surface area contributed by atoms with Crippen LogP contribution < -0.4 is 5.32 Å². The van der Waals surface area contributed by atoms with Gasteiger partial charge in [0.05, 0.1) is 25.4 Å². The summed E-state index contributed by atoms with van der Waals surface area (Å²) in [4.78, 5) is 24.6. The zero-order valence-corrected chi connectivity index (χ0v) is 47.8. The van der Waals surface area contributed by atoms with Gasteiger partial charge in [0.2, 0.25) is 5.91 Å². The van der Waals surface area contributed by atoms with Crippen molar-refractivity contribution in [3.8, 4) is 0 Å². The maximum Gasteiger partial charge on any atom is 0.305 e. The molecule has 6 nitrogen and oxygen atoms in total. The van der Waals surface area contributed by atoms with Crippen LogP contribution >= 0.6 is 0 Å². The molecule has 0 aromatic rings. The Balaban J connectivity index is 3.41. The summed E-state index contributed by atoms with van der Waals surface area (Å²) < 4.78 is 5.48. The van der Waals surface area contributed by atoms with Crippen LogP contribution in [-0.4, -0.2) is 47.4 Å². The van der Waals surface area contributed by atoms with E-state index in [1.165, 1.54) is 295 Å². The molecule has 2 unspecified atom stereocenters. The molecule has 0 aromatic carbocycles. The summed E-state index contributed by atoms with van der Waals surface area (Å²) in [6, 6.07) is -0.548. The van der Waals surface area contributed by atoms with Crippen molar-refractivity contribution in [2.75, 3.05) is 13.2 Å². The molecule has 2 atom stereocenters. The number of aliphatic hydroxyl groups excluding tert-OH is 2. The summed E-state index contributed by atoms with van der Waals surface area (Å²) in [5.74, 6) is -0.0341. The van der Waals surface area contributed by atoms with Crippen LogP contribution in [0.4, 0.5) is 0 Å². The van der Waals surface area contributed by atoms with Gasteiger partial charge in [-0.2, -0.15) is 0 Å². The Hall–Kier alpha value is -1.14. The molecule has 0 aliphatic carbocycles. The van der Waals surface area contributed by atoms with E-state index in [0.717, 1.165) is 44.9 Å². The molecule has 0 radical (unpaired) electrons. The Morgan fingerprint density at radius 3 is 0.871 bits per heavy atom. The van der Waals surface area contributed by atoms with Crippen LogP contribution in [0.25, 0.3) is 0 Å². The fourth-order valence-corrected chi connectivity index (χ4v) is 10.5. The first-order valence-electron chi connectivity index (χ1n) is 32.3. The zero-order valence-electron chi connectivity index (χ0n) is 47.8. The number of hydrogen-bond acceptors (Lipinski definition) is 5. The molecule has 0 spiro atoms. The second kappa shape index (κ2) is 60.4. The lowest BCUT2D eigenvalue weighted by Gasteiger charge is -2.22. The minimum Gasteiger partial charge on any atom is -0.466 e. The van der Waals surface area contributed by atoms with Crippen molar-refractivity contribution in [3.05, 3.63) is 0 Å². The summed E-state index contributed by atoms with van der Waals surface area (Å²) in [5.41, 5.74) is 0. The van der Waals surface area contributed by atoms with E-state index < -0.39 is 12.1 Å². The van der Waals surface area contributed by atoms with Crippen LogP contribution in [0.2, 0.25) is 0 Å². The van der Waals surface area contributed by atoms with E-state index in [1.807, 2.05) is 0 Å². The highest BCUT2D eigenvalue weighted by atomic mass is 16.5. The average molecular weight is 991 g/mol. The van der Waals surface area contributed by atoms with Gasteiger partial charge in [-0.15, -0.1) is 0 Å². The standard InChI is InChI=1S/C64H127NO5/c1-3-5-7-9-11-13-15-17-18-19-20-21-22-23-24-25-26-27-29-33-36-40-44-48-52-56-62(67)61(60-66)65-63(68)57-53-49-45-41-37-34-30-28-31-35-39-43-47-51-55-59-70-64(69)58-54-50-46-42-38-32-16-14-12-10-8-6-4-2/h61-62,66-67H,3-60H2,1-2H3,(H,65,68). The van der Waals surface area contributed by atoms with E-state index in [2.05, 4.69) is 19.2 Å². The summed E-state index contributed by atoms with van der Waals surface area (Å²) >= 11 is 0. The molecule has 0 saturated carbocycles. The van der Waals surface area contributed by atoms with E-state index >= 15 is 0 Å². The normalized spacial score (nSPS) is 12.5. The van der Waals surface area contributed by atoms with Gasteiger partial charge in [-0.3, -0.25) is 9.59 Å². The Bertz CT molecular complexity index is 1010. The van der Waals surface area contributed by atoms with E-state index in [4.69, 9.17) is 4.74 Å². The third-order valence-corrected chi connectivity index (χ3v) is 15.4. The number of hydrogen-bond donors (Lipinski definition) is 3. The van der Waals surface area contributed by atoms with Gasteiger partial charge in [-0.05, 0) is 25.7 Å². The smallest absolute Gasteiger partial charge is 0.305 e. The molecule has 0 heterocycles. The van der Waals surface area contributed by atoms with Crippen LogP contribution in [-0.2, 0) is 14.3 Å². The summed E-state index contributed by atoms with van der Waals surface area (Å²) in [6.07, 6.45) is 71.1. The number of unbranched alkanes of at least 4 members (excludes halogenated alkanes) is 50. The lowest BCUT2D eigenvalue weighted by Crippen LogP contribution is -2.45. The van der Waals surface area contributed by atoms with Crippen LogP contribution in [0.1, 0.15) is 373 Å². The van der Waals surface area contributed by atoms with Gasteiger partial charge >= 0.3 is 5.97 Å². The fraction of sp³-hybridized carbons (Fsp3) is 0.969. The molecule has 0 fully saturated rings. The molecule has 3 N–H and O–H groups in total. The first-order valence-corrected chi connectivity index (χ1v) is 32.3. The highest BCUT2D eigenvalue weighted by Crippen LogP contribution is 2.19. The minimum atomic E-state index is -0.670. The quantitative estimate of drug-likeness (QED) is 0.0417. The number of amides is 1. The second-order valence-electron chi connectivity index (χ2n) is 22.5. The van der Waals surface area contributed by atoms with Crippen molar-refractivity contribution in [1.82, 2.24) is 5.32 Å². The molecule has 0 saturated heterocycles. The van der Waals surface area contributed by atoms with Gasteiger partial charge in [-0.1, -0.05) is 335 Å². The Morgan fingerprint density at radius 2 is 0.586 bits per heavy atom. The first kappa shape index (κ1) is 68.9. The number of rotatable bonds is 61. The largest absolute Gasteiger partial charge is 0.466 e. The molecule has 0 bridgehead atoms. The van der Waals surface area contributed by atoms with Crippen LogP contribution in [0.5, 0.6) is 0 Å². The zero-order chi connectivity index (χ0) is 50.7. The number of carbonyl (C=O) groups is 2. The molecule has 0 aliphatic heterocycles.